The van der Waals surface area contributed by atoms with E-state index >= 15 is 0 Å². The lowest BCUT2D eigenvalue weighted by Gasteiger charge is -2.43. The summed E-state index contributed by atoms with van der Waals surface area (Å²) in [6, 6.07) is 0.300. The summed E-state index contributed by atoms with van der Waals surface area (Å²) in [6.45, 7) is 16.0. The Balaban J connectivity index is 3.02. The van der Waals surface area contributed by atoms with Gasteiger partial charge in [-0.05, 0) is 61.4 Å². The molecule has 0 aromatic carbocycles. The van der Waals surface area contributed by atoms with Crippen LogP contribution in [-0.4, -0.2) is 36.5 Å². The normalized spacial score (nSPS) is 30.0. The molecule has 3 unspecified atom stereocenters. The van der Waals surface area contributed by atoms with Gasteiger partial charge in [-0.2, -0.15) is 0 Å². The first-order valence-electron chi connectivity index (χ1n) is 7.63. The van der Waals surface area contributed by atoms with Gasteiger partial charge in [0.2, 0.25) is 0 Å². The van der Waals surface area contributed by atoms with Gasteiger partial charge in [-0.15, -0.1) is 0 Å². The quantitative estimate of drug-likeness (QED) is 0.803. The lowest BCUT2D eigenvalue weighted by atomic mass is 9.74. The van der Waals surface area contributed by atoms with Crippen molar-refractivity contribution in [1.29, 1.82) is 0 Å². The third-order valence-electron chi connectivity index (χ3n) is 4.69. The van der Waals surface area contributed by atoms with Gasteiger partial charge in [-0.1, -0.05) is 6.92 Å². The second-order valence-electron chi connectivity index (χ2n) is 7.14. The van der Waals surface area contributed by atoms with Gasteiger partial charge in [0.1, 0.15) is 0 Å². The summed E-state index contributed by atoms with van der Waals surface area (Å²) in [6.07, 6.45) is 2.06. The zero-order valence-electron chi connectivity index (χ0n) is 14.1. The Labute approximate surface area is 119 Å². The Morgan fingerprint density at radius 3 is 2.21 bits per heavy atom. The molecule has 0 aromatic heterocycles. The number of hydrogen-bond donors (Lipinski definition) is 1. The molecule has 19 heavy (non-hydrogen) atoms. The van der Waals surface area contributed by atoms with Gasteiger partial charge in [-0.25, -0.2) is 0 Å². The minimum atomic E-state index is -0.144. The van der Waals surface area contributed by atoms with Crippen LogP contribution in [0.5, 0.6) is 0 Å². The molecular weight excluding hydrogens is 238 g/mol. The van der Waals surface area contributed by atoms with Gasteiger partial charge in [0.15, 0.2) is 0 Å². The van der Waals surface area contributed by atoms with Crippen molar-refractivity contribution in [2.75, 3.05) is 13.7 Å². The summed E-state index contributed by atoms with van der Waals surface area (Å²) in [5, 5.41) is 3.51. The molecule has 1 N–H and O–H groups in total. The zero-order chi connectivity index (χ0) is 14.9. The van der Waals surface area contributed by atoms with Crippen molar-refractivity contribution in [3.05, 3.63) is 0 Å². The van der Waals surface area contributed by atoms with E-state index in [9.17, 15) is 0 Å². The predicted molar refractivity (Wildman–Crippen MR) is 80.5 cm³/mol. The van der Waals surface area contributed by atoms with Crippen LogP contribution in [0.4, 0.5) is 0 Å². The van der Waals surface area contributed by atoms with Crippen molar-refractivity contribution in [2.24, 2.45) is 5.92 Å². The van der Waals surface area contributed by atoms with E-state index < -0.39 is 0 Å². The topological polar surface area (TPSA) is 30.5 Å². The Bertz CT molecular complexity index is 301. The lowest BCUT2D eigenvalue weighted by Crippen LogP contribution is -2.57. The molecule has 0 saturated carbocycles. The number of nitrogens with one attached hydrogen (secondary N) is 1. The van der Waals surface area contributed by atoms with Gasteiger partial charge in [-0.3, -0.25) is 0 Å². The van der Waals surface area contributed by atoms with Crippen LogP contribution in [0.15, 0.2) is 0 Å². The van der Waals surface area contributed by atoms with E-state index in [0.29, 0.717) is 12.0 Å². The fourth-order valence-corrected chi connectivity index (χ4v) is 3.80. The van der Waals surface area contributed by atoms with Crippen molar-refractivity contribution >= 4 is 0 Å². The molecule has 1 aliphatic rings. The Kier molecular flexibility index (Phi) is 5.09. The highest BCUT2D eigenvalue weighted by Gasteiger charge is 2.52. The van der Waals surface area contributed by atoms with Crippen LogP contribution in [0.2, 0.25) is 0 Å². The maximum absolute atomic E-state index is 6.25. The summed E-state index contributed by atoms with van der Waals surface area (Å²) >= 11 is 0. The van der Waals surface area contributed by atoms with E-state index in [4.69, 9.17) is 9.47 Å². The second-order valence-corrected chi connectivity index (χ2v) is 7.14. The molecule has 3 heteroatoms. The molecule has 0 aromatic rings. The minimum Gasteiger partial charge on any atom is -0.374 e. The number of hydrogen-bond acceptors (Lipinski definition) is 3. The molecule has 1 rings (SSSR count). The van der Waals surface area contributed by atoms with Gasteiger partial charge in [0.05, 0.1) is 16.8 Å². The first kappa shape index (κ1) is 16.9. The number of likely N-dealkylation sites (N-methyl/N-ethyl adjacent to an activating group) is 1. The fourth-order valence-electron chi connectivity index (χ4n) is 3.80. The molecule has 0 aliphatic carbocycles. The molecule has 0 radical (unpaired) electrons. The van der Waals surface area contributed by atoms with Crippen molar-refractivity contribution in [2.45, 2.75) is 84.2 Å². The average Bonchev–Trinajstić information content (AvgIpc) is 2.48. The van der Waals surface area contributed by atoms with Crippen LogP contribution in [0.1, 0.15) is 61.3 Å². The van der Waals surface area contributed by atoms with E-state index in [-0.39, 0.29) is 16.8 Å². The average molecular weight is 271 g/mol. The summed E-state index contributed by atoms with van der Waals surface area (Å²) in [4.78, 5) is 0. The lowest BCUT2D eigenvalue weighted by molar-refractivity contribution is -0.106. The third-order valence-corrected chi connectivity index (χ3v) is 4.69. The van der Waals surface area contributed by atoms with Crippen molar-refractivity contribution in [3.8, 4) is 0 Å². The molecule has 1 saturated heterocycles. The summed E-state index contributed by atoms with van der Waals surface area (Å²) < 4.78 is 12.3. The van der Waals surface area contributed by atoms with Crippen LogP contribution < -0.4 is 5.32 Å². The molecule has 3 atom stereocenters. The van der Waals surface area contributed by atoms with E-state index in [2.05, 4.69) is 53.8 Å². The molecule has 114 valence electrons. The van der Waals surface area contributed by atoms with Crippen LogP contribution >= 0.6 is 0 Å². The SMILES string of the molecule is CCOC(C)(CC)C(NC)C1CC(C)(C)OC1(C)C. The molecule has 1 fully saturated rings. The minimum absolute atomic E-state index is 0.0515. The van der Waals surface area contributed by atoms with Crippen LogP contribution in [-0.2, 0) is 9.47 Å². The van der Waals surface area contributed by atoms with Crippen LogP contribution in [0.25, 0.3) is 0 Å². The molecule has 0 amide bonds. The van der Waals surface area contributed by atoms with Crippen LogP contribution in [0, 0.1) is 5.92 Å². The highest BCUT2D eigenvalue weighted by atomic mass is 16.5. The van der Waals surface area contributed by atoms with Gasteiger partial charge in [0, 0.05) is 18.6 Å². The van der Waals surface area contributed by atoms with Crippen molar-refractivity contribution < 1.29 is 9.47 Å². The zero-order valence-corrected chi connectivity index (χ0v) is 14.1. The van der Waals surface area contributed by atoms with E-state index in [1.165, 1.54) is 0 Å². The Hall–Kier alpha value is -0.120. The second kappa shape index (κ2) is 5.71. The molecule has 1 aliphatic heterocycles. The van der Waals surface area contributed by atoms with Crippen LogP contribution in [0.3, 0.4) is 0 Å². The summed E-state index contributed by atoms with van der Waals surface area (Å²) in [5.41, 5.74) is -0.315. The van der Waals surface area contributed by atoms with Gasteiger partial charge in [0.25, 0.3) is 0 Å². The first-order valence-corrected chi connectivity index (χ1v) is 7.63. The maximum Gasteiger partial charge on any atom is 0.0807 e. The third kappa shape index (κ3) is 3.50. The van der Waals surface area contributed by atoms with Gasteiger partial charge < -0.3 is 14.8 Å². The van der Waals surface area contributed by atoms with Gasteiger partial charge >= 0.3 is 0 Å². The van der Waals surface area contributed by atoms with Crippen molar-refractivity contribution in [3.63, 3.8) is 0 Å². The highest BCUT2D eigenvalue weighted by molar-refractivity contribution is 5.05. The number of rotatable bonds is 6. The molecule has 1 heterocycles. The van der Waals surface area contributed by atoms with E-state index in [1.54, 1.807) is 0 Å². The fraction of sp³-hybridized carbons (Fsp3) is 1.00. The standard InChI is InChI=1S/C16H33NO2/c1-9-16(7,18-10-2)13(17-8)12-11-14(3,4)19-15(12,5)6/h12-13,17H,9-11H2,1-8H3. The first-order chi connectivity index (χ1) is 8.62. The smallest absolute Gasteiger partial charge is 0.0807 e. The Morgan fingerprint density at radius 2 is 1.89 bits per heavy atom. The monoisotopic (exact) mass is 271 g/mol. The predicted octanol–water partition coefficient (Wildman–Crippen LogP) is 3.37. The maximum atomic E-state index is 6.25. The van der Waals surface area contributed by atoms with E-state index in [1.807, 2.05) is 7.05 Å². The summed E-state index contributed by atoms with van der Waals surface area (Å²) in [7, 11) is 2.04. The largest absolute Gasteiger partial charge is 0.374 e. The van der Waals surface area contributed by atoms with E-state index in [0.717, 1.165) is 19.4 Å². The molecular formula is C16H33NO2. The Morgan fingerprint density at radius 1 is 1.32 bits per heavy atom. The highest BCUT2D eigenvalue weighted by Crippen LogP contribution is 2.46. The van der Waals surface area contributed by atoms with Crippen molar-refractivity contribution in [1.82, 2.24) is 5.32 Å². The summed E-state index contributed by atoms with van der Waals surface area (Å²) in [5.74, 6) is 0.448. The molecule has 3 nitrogen and oxygen atoms in total. The number of ether oxygens (including phenoxy) is 2. The molecule has 0 spiro atoms. The molecule has 0 bridgehead atoms.